The topological polar surface area (TPSA) is 76.2 Å². The zero-order chi connectivity index (χ0) is 12.3. The Kier molecular flexibility index (Phi) is 3.13. The molecule has 2 aromatic rings. The van der Waals surface area contributed by atoms with E-state index in [1.54, 1.807) is 6.92 Å². The number of tetrazole rings is 1. The molecular formula is C11H13N5O. The predicted octanol–water partition coefficient (Wildman–Crippen LogP) is 1.23. The van der Waals surface area contributed by atoms with Crippen molar-refractivity contribution in [1.82, 2.24) is 20.2 Å². The van der Waals surface area contributed by atoms with Gasteiger partial charge in [0, 0.05) is 5.56 Å². The molecule has 6 nitrogen and oxygen atoms in total. The Labute approximate surface area is 98.6 Å². The monoisotopic (exact) mass is 231 g/mol. The third-order valence-corrected chi connectivity index (χ3v) is 2.54. The smallest absolute Gasteiger partial charge is 0.203 e. The molecule has 0 fully saturated rings. The molecule has 6 heteroatoms. The van der Waals surface area contributed by atoms with E-state index in [1.165, 1.54) is 10.2 Å². The summed E-state index contributed by atoms with van der Waals surface area (Å²) in [6, 6.07) is 7.74. The van der Waals surface area contributed by atoms with Crippen LogP contribution < -0.4 is 0 Å². The van der Waals surface area contributed by atoms with Crippen LogP contribution in [0.5, 0.6) is 0 Å². The molecule has 0 radical (unpaired) electrons. The highest BCUT2D eigenvalue weighted by molar-refractivity contribution is 5.99. The maximum absolute atomic E-state index is 9.07. The maximum Gasteiger partial charge on any atom is 0.203 e. The molecule has 1 N–H and O–H groups in total. The quantitative estimate of drug-likeness (QED) is 0.365. The molecule has 88 valence electrons. The van der Waals surface area contributed by atoms with Crippen molar-refractivity contribution >= 4 is 5.84 Å². The highest BCUT2D eigenvalue weighted by atomic mass is 16.4. The molecule has 0 unspecified atom stereocenters. The lowest BCUT2D eigenvalue weighted by molar-refractivity contribution is 0.316. The summed E-state index contributed by atoms with van der Waals surface area (Å²) in [7, 11) is 0. The Hall–Kier alpha value is -2.24. The number of hydrogen-bond acceptors (Lipinski definition) is 5. The Morgan fingerprint density at radius 3 is 2.53 bits per heavy atom. The summed E-state index contributed by atoms with van der Waals surface area (Å²) in [6.07, 6.45) is 0.968. The zero-order valence-electron chi connectivity index (χ0n) is 9.70. The molecule has 0 saturated heterocycles. The normalized spacial score (nSPS) is 11.8. The van der Waals surface area contributed by atoms with Gasteiger partial charge in [-0.05, 0) is 29.3 Å². The molecular weight excluding hydrogens is 218 g/mol. The van der Waals surface area contributed by atoms with Crippen LogP contribution in [0.3, 0.4) is 0 Å². The fourth-order valence-electron chi connectivity index (χ4n) is 1.54. The molecule has 0 aliphatic heterocycles. The van der Waals surface area contributed by atoms with Gasteiger partial charge >= 0.3 is 0 Å². The first kappa shape index (κ1) is 11.3. The first-order chi connectivity index (χ1) is 8.26. The van der Waals surface area contributed by atoms with Gasteiger partial charge in [0.2, 0.25) is 5.84 Å². The average Bonchev–Trinajstić information content (AvgIpc) is 2.78. The minimum absolute atomic E-state index is 0.315. The van der Waals surface area contributed by atoms with E-state index in [4.69, 9.17) is 5.21 Å². The van der Waals surface area contributed by atoms with Gasteiger partial charge in [-0.25, -0.2) is 0 Å². The number of benzene rings is 1. The summed E-state index contributed by atoms with van der Waals surface area (Å²) >= 11 is 0. The summed E-state index contributed by atoms with van der Waals surface area (Å²) in [5.74, 6) is 0.882. The highest BCUT2D eigenvalue weighted by Crippen LogP contribution is 2.08. The van der Waals surface area contributed by atoms with Gasteiger partial charge in [0.15, 0.2) is 5.82 Å². The van der Waals surface area contributed by atoms with E-state index in [9.17, 15) is 0 Å². The molecule has 1 aromatic heterocycles. The first-order valence-corrected chi connectivity index (χ1v) is 5.33. The minimum atomic E-state index is 0.315. The van der Waals surface area contributed by atoms with Crippen molar-refractivity contribution in [3.8, 4) is 0 Å². The average molecular weight is 231 g/mol. The standard InChI is InChI=1S/C11H13N5O/c1-3-9-4-6-10(7-5-9)11(13-17)16-8(2)12-14-15-16/h4-7,17H,3H2,1-2H3. The fraction of sp³-hybridized carbons (Fsp3) is 0.273. The van der Waals surface area contributed by atoms with Crippen LogP contribution in [0.25, 0.3) is 0 Å². The second-order valence-electron chi connectivity index (χ2n) is 3.61. The molecule has 0 aliphatic rings. The van der Waals surface area contributed by atoms with Gasteiger partial charge in [0.1, 0.15) is 0 Å². The van der Waals surface area contributed by atoms with Crippen LogP contribution in [0.2, 0.25) is 0 Å². The second-order valence-corrected chi connectivity index (χ2v) is 3.61. The number of hydrogen-bond donors (Lipinski definition) is 1. The van der Waals surface area contributed by atoms with Gasteiger partial charge in [-0.3, -0.25) is 0 Å². The number of aromatic nitrogens is 4. The van der Waals surface area contributed by atoms with Crippen molar-refractivity contribution < 1.29 is 5.21 Å². The molecule has 0 atom stereocenters. The van der Waals surface area contributed by atoms with Crippen molar-refractivity contribution in [2.75, 3.05) is 0 Å². The van der Waals surface area contributed by atoms with Crippen LogP contribution >= 0.6 is 0 Å². The van der Waals surface area contributed by atoms with Crippen molar-refractivity contribution in [3.63, 3.8) is 0 Å². The van der Waals surface area contributed by atoms with Crippen molar-refractivity contribution in [2.24, 2.45) is 5.16 Å². The molecule has 0 bridgehead atoms. The Balaban J connectivity index is 2.40. The van der Waals surface area contributed by atoms with Gasteiger partial charge in [-0.2, -0.15) is 4.68 Å². The van der Waals surface area contributed by atoms with Crippen LogP contribution in [0.4, 0.5) is 0 Å². The van der Waals surface area contributed by atoms with E-state index in [2.05, 4.69) is 27.6 Å². The lowest BCUT2D eigenvalue weighted by Crippen LogP contribution is -2.17. The summed E-state index contributed by atoms with van der Waals surface area (Å²) in [5, 5.41) is 23.4. The van der Waals surface area contributed by atoms with Crippen LogP contribution in [0.15, 0.2) is 29.4 Å². The molecule has 1 heterocycles. The van der Waals surface area contributed by atoms with E-state index in [-0.39, 0.29) is 0 Å². The van der Waals surface area contributed by atoms with Gasteiger partial charge in [-0.1, -0.05) is 36.3 Å². The van der Waals surface area contributed by atoms with Gasteiger partial charge in [0.05, 0.1) is 0 Å². The molecule has 0 amide bonds. The van der Waals surface area contributed by atoms with Gasteiger partial charge in [-0.15, -0.1) is 5.10 Å². The Bertz CT molecular complexity index is 529. The van der Waals surface area contributed by atoms with Crippen molar-refractivity contribution in [3.05, 3.63) is 41.2 Å². The number of aryl methyl sites for hydroxylation is 2. The third-order valence-electron chi connectivity index (χ3n) is 2.54. The molecule has 0 aliphatic carbocycles. The number of oxime groups is 1. The Morgan fingerprint density at radius 2 is 2.06 bits per heavy atom. The van der Waals surface area contributed by atoms with E-state index < -0.39 is 0 Å². The van der Waals surface area contributed by atoms with Crippen LogP contribution in [0, 0.1) is 6.92 Å². The van der Waals surface area contributed by atoms with Crippen LogP contribution in [-0.2, 0) is 6.42 Å². The fourth-order valence-corrected chi connectivity index (χ4v) is 1.54. The first-order valence-electron chi connectivity index (χ1n) is 5.33. The van der Waals surface area contributed by atoms with E-state index in [0.29, 0.717) is 11.7 Å². The van der Waals surface area contributed by atoms with Crippen LogP contribution in [0.1, 0.15) is 23.9 Å². The Morgan fingerprint density at radius 1 is 1.35 bits per heavy atom. The third kappa shape index (κ3) is 2.15. The summed E-state index contributed by atoms with van der Waals surface area (Å²) < 4.78 is 1.39. The van der Waals surface area contributed by atoms with E-state index in [1.807, 2.05) is 24.3 Å². The van der Waals surface area contributed by atoms with Crippen molar-refractivity contribution in [1.29, 1.82) is 0 Å². The van der Waals surface area contributed by atoms with Gasteiger partial charge < -0.3 is 5.21 Å². The maximum atomic E-state index is 9.07. The highest BCUT2D eigenvalue weighted by Gasteiger charge is 2.11. The van der Waals surface area contributed by atoms with Gasteiger partial charge in [0.25, 0.3) is 0 Å². The largest absolute Gasteiger partial charge is 0.409 e. The van der Waals surface area contributed by atoms with E-state index in [0.717, 1.165) is 12.0 Å². The summed E-state index contributed by atoms with van der Waals surface area (Å²) in [5.41, 5.74) is 1.99. The predicted molar refractivity (Wildman–Crippen MR) is 62.1 cm³/mol. The lowest BCUT2D eigenvalue weighted by atomic mass is 10.1. The molecule has 17 heavy (non-hydrogen) atoms. The summed E-state index contributed by atoms with van der Waals surface area (Å²) in [6.45, 7) is 3.83. The summed E-state index contributed by atoms with van der Waals surface area (Å²) in [4.78, 5) is 0. The SMILES string of the molecule is CCc1ccc(C(=NO)n2nnnc2C)cc1. The molecule has 1 aromatic carbocycles. The zero-order valence-corrected chi connectivity index (χ0v) is 9.70. The van der Waals surface area contributed by atoms with E-state index >= 15 is 0 Å². The lowest BCUT2D eigenvalue weighted by Gasteiger charge is -2.05. The number of nitrogens with zero attached hydrogens (tertiary/aromatic N) is 5. The second kappa shape index (κ2) is 4.73. The van der Waals surface area contributed by atoms with Crippen LogP contribution in [-0.4, -0.2) is 31.3 Å². The number of rotatable bonds is 2. The van der Waals surface area contributed by atoms with Crippen molar-refractivity contribution in [2.45, 2.75) is 20.3 Å². The molecule has 0 saturated carbocycles. The molecule has 0 spiro atoms. The minimum Gasteiger partial charge on any atom is -0.409 e. The molecule has 2 rings (SSSR count).